The summed E-state index contributed by atoms with van der Waals surface area (Å²) in [6.07, 6.45) is 7.14. The predicted molar refractivity (Wildman–Crippen MR) is 90.7 cm³/mol. The highest BCUT2D eigenvalue weighted by Gasteiger charge is 2.55. The van der Waals surface area contributed by atoms with E-state index in [1.165, 1.54) is 19.3 Å². The molecule has 4 saturated carbocycles. The standard InChI is InChI=1S/C19H32N2O2/c1-5-21(4)17(22)16(12(2)3)20-18(23)19-9-13-6-14(10-19)8-15(7-13)11-19/h12-16H,5-11H2,1-4H3,(H,20,23). The van der Waals surface area contributed by atoms with Crippen LogP contribution in [0.25, 0.3) is 0 Å². The van der Waals surface area contributed by atoms with Gasteiger partial charge in [-0.05, 0) is 69.1 Å². The van der Waals surface area contributed by atoms with Gasteiger partial charge in [0.15, 0.2) is 0 Å². The minimum absolute atomic E-state index is 0.0422. The molecule has 0 aromatic carbocycles. The lowest BCUT2D eigenvalue weighted by Gasteiger charge is -2.56. The van der Waals surface area contributed by atoms with Crippen LogP contribution in [0.2, 0.25) is 0 Å². The summed E-state index contributed by atoms with van der Waals surface area (Å²) < 4.78 is 0. The van der Waals surface area contributed by atoms with Crippen LogP contribution in [0.3, 0.4) is 0 Å². The Morgan fingerprint density at radius 3 is 1.96 bits per heavy atom. The minimum atomic E-state index is -0.388. The van der Waals surface area contributed by atoms with Gasteiger partial charge in [0.05, 0.1) is 0 Å². The van der Waals surface area contributed by atoms with Crippen molar-refractivity contribution in [1.82, 2.24) is 10.2 Å². The maximum absolute atomic E-state index is 13.1. The van der Waals surface area contributed by atoms with Crippen LogP contribution in [0.4, 0.5) is 0 Å². The minimum Gasteiger partial charge on any atom is -0.344 e. The van der Waals surface area contributed by atoms with Crippen molar-refractivity contribution < 1.29 is 9.59 Å². The largest absolute Gasteiger partial charge is 0.344 e. The molecule has 0 spiro atoms. The van der Waals surface area contributed by atoms with Crippen molar-refractivity contribution in [2.75, 3.05) is 13.6 Å². The van der Waals surface area contributed by atoms with Gasteiger partial charge in [0.1, 0.15) is 6.04 Å². The number of nitrogens with one attached hydrogen (secondary N) is 1. The van der Waals surface area contributed by atoms with Crippen LogP contribution < -0.4 is 5.32 Å². The van der Waals surface area contributed by atoms with Gasteiger partial charge in [-0.3, -0.25) is 9.59 Å². The highest BCUT2D eigenvalue weighted by Crippen LogP contribution is 2.60. The molecule has 0 aromatic rings. The molecule has 1 atom stereocenters. The summed E-state index contributed by atoms with van der Waals surface area (Å²) in [5.74, 6) is 2.57. The number of hydrogen-bond acceptors (Lipinski definition) is 2. The smallest absolute Gasteiger partial charge is 0.245 e. The van der Waals surface area contributed by atoms with Crippen LogP contribution >= 0.6 is 0 Å². The fourth-order valence-electron chi connectivity index (χ4n) is 5.59. The topological polar surface area (TPSA) is 49.4 Å². The van der Waals surface area contributed by atoms with Crippen molar-refractivity contribution in [3.8, 4) is 0 Å². The number of carbonyl (C=O) groups is 2. The molecule has 130 valence electrons. The molecule has 4 nitrogen and oxygen atoms in total. The summed E-state index contributed by atoms with van der Waals surface area (Å²) in [7, 11) is 1.81. The van der Waals surface area contributed by atoms with Crippen LogP contribution in [0.5, 0.6) is 0 Å². The van der Waals surface area contributed by atoms with Crippen LogP contribution in [0.1, 0.15) is 59.3 Å². The van der Waals surface area contributed by atoms with Gasteiger partial charge in [-0.25, -0.2) is 0 Å². The Morgan fingerprint density at radius 1 is 1.09 bits per heavy atom. The first kappa shape index (κ1) is 16.8. The molecule has 23 heavy (non-hydrogen) atoms. The van der Waals surface area contributed by atoms with E-state index in [9.17, 15) is 9.59 Å². The summed E-state index contributed by atoms with van der Waals surface area (Å²) in [6, 6.07) is -0.388. The third kappa shape index (κ3) is 3.01. The van der Waals surface area contributed by atoms with Gasteiger partial charge in [-0.1, -0.05) is 13.8 Å². The van der Waals surface area contributed by atoms with Gasteiger partial charge >= 0.3 is 0 Å². The maximum atomic E-state index is 13.1. The Balaban J connectivity index is 1.73. The number of nitrogens with zero attached hydrogens (tertiary/aromatic N) is 1. The van der Waals surface area contributed by atoms with Crippen molar-refractivity contribution in [1.29, 1.82) is 0 Å². The van der Waals surface area contributed by atoms with Crippen molar-refractivity contribution >= 4 is 11.8 Å². The van der Waals surface area contributed by atoms with Gasteiger partial charge in [-0.15, -0.1) is 0 Å². The van der Waals surface area contributed by atoms with E-state index in [1.807, 2.05) is 27.8 Å². The molecule has 2 amide bonds. The second-order valence-corrected chi connectivity index (χ2v) is 8.75. The lowest BCUT2D eigenvalue weighted by Crippen LogP contribution is -2.58. The Bertz CT molecular complexity index is 450. The average molecular weight is 320 g/mol. The summed E-state index contributed by atoms with van der Waals surface area (Å²) in [6.45, 7) is 6.68. The highest BCUT2D eigenvalue weighted by atomic mass is 16.2. The van der Waals surface area contributed by atoms with Crippen LogP contribution in [0, 0.1) is 29.1 Å². The maximum Gasteiger partial charge on any atom is 0.245 e. The monoisotopic (exact) mass is 320 g/mol. The molecule has 0 aromatic heterocycles. The molecule has 4 bridgehead atoms. The zero-order chi connectivity index (χ0) is 16.8. The van der Waals surface area contributed by atoms with Crippen LogP contribution in [-0.4, -0.2) is 36.3 Å². The fourth-order valence-corrected chi connectivity index (χ4v) is 5.59. The van der Waals surface area contributed by atoms with E-state index < -0.39 is 0 Å². The quantitative estimate of drug-likeness (QED) is 0.847. The molecule has 4 aliphatic rings. The SMILES string of the molecule is CCN(C)C(=O)C(NC(=O)C12CC3CC(CC(C3)C1)C2)C(C)C. The fraction of sp³-hybridized carbons (Fsp3) is 0.895. The molecule has 4 fully saturated rings. The molecule has 0 radical (unpaired) electrons. The second kappa shape index (κ2) is 6.10. The Morgan fingerprint density at radius 2 is 1.57 bits per heavy atom. The van der Waals surface area contributed by atoms with Gasteiger partial charge in [-0.2, -0.15) is 0 Å². The molecule has 1 N–H and O–H groups in total. The molecular weight excluding hydrogens is 288 g/mol. The Hall–Kier alpha value is -1.06. The van der Waals surface area contributed by atoms with Crippen molar-refractivity contribution in [2.45, 2.75) is 65.3 Å². The molecule has 0 heterocycles. The van der Waals surface area contributed by atoms with Crippen molar-refractivity contribution in [3.63, 3.8) is 0 Å². The summed E-state index contributed by atoms with van der Waals surface area (Å²) in [5.41, 5.74) is -0.174. The molecule has 1 unspecified atom stereocenters. The second-order valence-electron chi connectivity index (χ2n) is 8.75. The molecule has 4 rings (SSSR count). The van der Waals surface area contributed by atoms with E-state index in [0.717, 1.165) is 37.0 Å². The molecular formula is C19H32N2O2. The van der Waals surface area contributed by atoms with E-state index in [-0.39, 0.29) is 29.2 Å². The van der Waals surface area contributed by atoms with Crippen molar-refractivity contribution in [2.24, 2.45) is 29.1 Å². The average Bonchev–Trinajstić information content (AvgIpc) is 2.49. The first-order valence-electron chi connectivity index (χ1n) is 9.40. The van der Waals surface area contributed by atoms with Gasteiger partial charge in [0.25, 0.3) is 0 Å². The molecule has 0 saturated heterocycles. The summed E-state index contributed by atoms with van der Waals surface area (Å²) >= 11 is 0. The normalized spacial score (nSPS) is 36.1. The summed E-state index contributed by atoms with van der Waals surface area (Å²) in [4.78, 5) is 27.4. The third-order valence-electron chi connectivity index (χ3n) is 6.59. The van der Waals surface area contributed by atoms with E-state index in [4.69, 9.17) is 0 Å². The summed E-state index contributed by atoms with van der Waals surface area (Å²) in [5, 5.41) is 3.16. The lowest BCUT2D eigenvalue weighted by molar-refractivity contribution is -0.150. The molecule has 0 aliphatic heterocycles. The van der Waals surface area contributed by atoms with Crippen molar-refractivity contribution in [3.05, 3.63) is 0 Å². The van der Waals surface area contributed by atoms with E-state index in [2.05, 4.69) is 5.32 Å². The first-order chi connectivity index (χ1) is 10.8. The highest BCUT2D eigenvalue weighted by molar-refractivity contribution is 5.90. The zero-order valence-electron chi connectivity index (χ0n) is 15.1. The lowest BCUT2D eigenvalue weighted by atomic mass is 9.49. The van der Waals surface area contributed by atoms with E-state index >= 15 is 0 Å². The number of amides is 2. The van der Waals surface area contributed by atoms with Gasteiger partial charge in [0, 0.05) is 19.0 Å². The Kier molecular flexibility index (Phi) is 4.45. The first-order valence-corrected chi connectivity index (χ1v) is 9.40. The van der Waals surface area contributed by atoms with Crippen LogP contribution in [0.15, 0.2) is 0 Å². The number of rotatable bonds is 5. The number of carbonyl (C=O) groups excluding carboxylic acids is 2. The van der Waals surface area contributed by atoms with Gasteiger partial charge in [0.2, 0.25) is 11.8 Å². The zero-order valence-corrected chi connectivity index (χ0v) is 15.1. The molecule has 4 heteroatoms. The molecule has 4 aliphatic carbocycles. The number of likely N-dealkylation sites (N-methyl/N-ethyl adjacent to an activating group) is 1. The Labute approximate surface area is 140 Å². The third-order valence-corrected chi connectivity index (χ3v) is 6.59. The predicted octanol–water partition coefficient (Wildman–Crippen LogP) is 2.82. The van der Waals surface area contributed by atoms with Crippen LogP contribution in [-0.2, 0) is 9.59 Å². The number of hydrogen-bond donors (Lipinski definition) is 1. The van der Waals surface area contributed by atoms with E-state index in [0.29, 0.717) is 6.54 Å². The van der Waals surface area contributed by atoms with E-state index in [1.54, 1.807) is 4.90 Å². The van der Waals surface area contributed by atoms with Gasteiger partial charge < -0.3 is 10.2 Å².